The summed E-state index contributed by atoms with van der Waals surface area (Å²) in [5.74, 6) is -0.0394. The topological polar surface area (TPSA) is 84.9 Å². The predicted octanol–water partition coefficient (Wildman–Crippen LogP) is 7.13. The van der Waals surface area contributed by atoms with Crippen molar-refractivity contribution >= 4 is 84.0 Å². The second-order valence-electron chi connectivity index (χ2n) is 7.77. The van der Waals surface area contributed by atoms with Crippen molar-refractivity contribution < 1.29 is 23.9 Å². The Kier molecular flexibility index (Phi) is 8.96. The van der Waals surface area contributed by atoms with Crippen molar-refractivity contribution in [3.8, 4) is 11.5 Å². The molecule has 0 atom stereocenters. The third kappa shape index (κ3) is 6.95. The van der Waals surface area contributed by atoms with E-state index in [0.29, 0.717) is 38.9 Å². The van der Waals surface area contributed by atoms with E-state index in [2.05, 4.69) is 37.2 Å². The van der Waals surface area contributed by atoms with Gasteiger partial charge in [0, 0.05) is 14.6 Å². The molecular weight excluding hydrogens is 648 g/mol. The zero-order valence-corrected chi connectivity index (χ0v) is 24.0. The Bertz CT molecular complexity index is 1400. The van der Waals surface area contributed by atoms with Crippen molar-refractivity contribution in [1.82, 2.24) is 4.90 Å². The van der Waals surface area contributed by atoms with Crippen LogP contribution in [0, 0.1) is 0 Å². The van der Waals surface area contributed by atoms with Crippen molar-refractivity contribution in [3.63, 3.8) is 0 Å². The van der Waals surface area contributed by atoms with Crippen LogP contribution in [-0.4, -0.2) is 35.6 Å². The summed E-state index contributed by atoms with van der Waals surface area (Å²) < 4.78 is 13.0. The highest BCUT2D eigenvalue weighted by Gasteiger charge is 2.36. The number of hydrogen-bond acceptors (Lipinski definition) is 6. The van der Waals surface area contributed by atoms with E-state index in [1.165, 1.54) is 7.11 Å². The summed E-state index contributed by atoms with van der Waals surface area (Å²) in [7, 11) is 1.52. The summed E-state index contributed by atoms with van der Waals surface area (Å²) in [6, 6.07) is 17.9. The number of carbonyl (C=O) groups excluding carboxylic acids is 3. The Morgan fingerprint density at radius 1 is 1.05 bits per heavy atom. The summed E-state index contributed by atoms with van der Waals surface area (Å²) in [5, 5.41) is 2.54. The SMILES string of the molecule is COc1cc(/C=C2\SC(=O)N(CC(=O)Nc3ccc(Br)c(Cl)c3)C2=O)ccc1OCc1ccc(Br)cc1. The van der Waals surface area contributed by atoms with Gasteiger partial charge in [0.1, 0.15) is 13.2 Å². The Morgan fingerprint density at radius 3 is 2.51 bits per heavy atom. The molecule has 0 bridgehead atoms. The molecule has 11 heteroatoms. The molecule has 1 heterocycles. The Morgan fingerprint density at radius 2 is 1.81 bits per heavy atom. The largest absolute Gasteiger partial charge is 0.493 e. The Labute approximate surface area is 239 Å². The molecule has 1 saturated heterocycles. The molecule has 0 spiro atoms. The third-order valence-corrected chi connectivity index (χ3v) is 7.84. The Hall–Kier alpha value is -2.79. The van der Waals surface area contributed by atoms with Crippen molar-refractivity contribution in [1.29, 1.82) is 0 Å². The van der Waals surface area contributed by atoms with Gasteiger partial charge in [0.25, 0.3) is 11.1 Å². The maximum atomic E-state index is 12.9. The fraction of sp³-hybridized carbons (Fsp3) is 0.115. The number of hydrogen-bond donors (Lipinski definition) is 1. The number of amides is 3. The molecule has 190 valence electrons. The minimum atomic E-state index is -0.548. The third-order valence-electron chi connectivity index (χ3n) is 5.17. The highest BCUT2D eigenvalue weighted by Crippen LogP contribution is 2.35. The van der Waals surface area contributed by atoms with Gasteiger partial charge in [0.15, 0.2) is 11.5 Å². The number of rotatable bonds is 8. The van der Waals surface area contributed by atoms with Crippen LogP contribution in [0.2, 0.25) is 5.02 Å². The average molecular weight is 667 g/mol. The first kappa shape index (κ1) is 27.3. The normalized spacial score (nSPS) is 14.3. The number of methoxy groups -OCH3 is 1. The second-order valence-corrected chi connectivity index (χ2v) is 10.9. The van der Waals surface area contributed by atoms with Gasteiger partial charge in [-0.1, -0.05) is 45.7 Å². The number of benzene rings is 3. The van der Waals surface area contributed by atoms with E-state index >= 15 is 0 Å². The summed E-state index contributed by atoms with van der Waals surface area (Å²) in [4.78, 5) is 38.9. The molecule has 4 rings (SSSR count). The van der Waals surface area contributed by atoms with Gasteiger partial charge in [-0.2, -0.15) is 0 Å². The van der Waals surface area contributed by atoms with Gasteiger partial charge in [0.2, 0.25) is 5.91 Å². The van der Waals surface area contributed by atoms with E-state index in [0.717, 1.165) is 26.7 Å². The van der Waals surface area contributed by atoms with Gasteiger partial charge in [-0.05, 0) is 87.4 Å². The van der Waals surface area contributed by atoms with Gasteiger partial charge in [-0.25, -0.2) is 0 Å². The molecule has 3 amide bonds. The molecule has 1 aliphatic heterocycles. The van der Waals surface area contributed by atoms with Crippen LogP contribution in [0.25, 0.3) is 6.08 Å². The number of thioether (sulfide) groups is 1. The van der Waals surface area contributed by atoms with Gasteiger partial charge in [0.05, 0.1) is 17.0 Å². The average Bonchev–Trinajstić information content (AvgIpc) is 3.13. The van der Waals surface area contributed by atoms with Crippen molar-refractivity contribution in [3.05, 3.63) is 90.7 Å². The van der Waals surface area contributed by atoms with E-state index in [-0.39, 0.29) is 4.91 Å². The highest BCUT2D eigenvalue weighted by atomic mass is 79.9. The quantitative estimate of drug-likeness (QED) is 0.258. The predicted molar refractivity (Wildman–Crippen MR) is 152 cm³/mol. The first-order chi connectivity index (χ1) is 17.7. The molecule has 1 N–H and O–H groups in total. The molecule has 0 unspecified atom stereocenters. The molecule has 3 aromatic carbocycles. The monoisotopic (exact) mass is 664 g/mol. The zero-order valence-electron chi connectivity index (χ0n) is 19.3. The summed E-state index contributed by atoms with van der Waals surface area (Å²) >= 11 is 13.5. The lowest BCUT2D eigenvalue weighted by Crippen LogP contribution is -2.36. The van der Waals surface area contributed by atoms with Crippen molar-refractivity contribution in [2.24, 2.45) is 0 Å². The van der Waals surface area contributed by atoms with Crippen molar-refractivity contribution in [2.45, 2.75) is 6.61 Å². The molecule has 7 nitrogen and oxygen atoms in total. The van der Waals surface area contributed by atoms with Crippen molar-refractivity contribution in [2.75, 3.05) is 19.0 Å². The Balaban J connectivity index is 1.42. The number of halogens is 3. The maximum Gasteiger partial charge on any atom is 0.294 e. The lowest BCUT2D eigenvalue weighted by Gasteiger charge is -2.13. The summed E-state index contributed by atoms with van der Waals surface area (Å²) in [6.45, 7) is -0.0573. The highest BCUT2D eigenvalue weighted by molar-refractivity contribution is 9.10. The van der Waals surface area contributed by atoms with Crippen LogP contribution in [0.1, 0.15) is 11.1 Å². The van der Waals surface area contributed by atoms with Gasteiger partial charge in [-0.3, -0.25) is 19.3 Å². The van der Waals surface area contributed by atoms with E-state index in [4.69, 9.17) is 21.1 Å². The van der Waals surface area contributed by atoms with E-state index in [9.17, 15) is 14.4 Å². The van der Waals surface area contributed by atoms with Crippen LogP contribution < -0.4 is 14.8 Å². The summed E-state index contributed by atoms with van der Waals surface area (Å²) in [5.41, 5.74) is 2.10. The fourth-order valence-electron chi connectivity index (χ4n) is 3.34. The van der Waals surface area contributed by atoms with Crippen LogP contribution >= 0.6 is 55.2 Å². The minimum Gasteiger partial charge on any atom is -0.493 e. The molecule has 1 fully saturated rings. The molecule has 0 aliphatic carbocycles. The van der Waals surface area contributed by atoms with Crippen LogP contribution in [0.15, 0.2) is 74.5 Å². The second kappa shape index (κ2) is 12.2. The number of nitrogens with one attached hydrogen (secondary N) is 1. The standard InChI is InChI=1S/C26H19Br2ClN2O5S/c1-35-22-10-16(4-9-21(22)36-14-15-2-5-17(27)6-3-15)11-23-25(33)31(26(34)37-23)13-24(32)30-18-7-8-19(28)20(29)12-18/h2-12H,13-14H2,1H3,(H,30,32)/b23-11-. The van der Waals surface area contributed by atoms with Crippen LogP contribution in [-0.2, 0) is 16.2 Å². The number of imide groups is 1. The van der Waals surface area contributed by atoms with Gasteiger partial charge in [-0.15, -0.1) is 0 Å². The minimum absolute atomic E-state index is 0.204. The fourth-order valence-corrected chi connectivity index (χ4v) is 4.87. The first-order valence-electron chi connectivity index (χ1n) is 10.8. The van der Waals surface area contributed by atoms with E-state index in [1.54, 1.807) is 42.5 Å². The van der Waals surface area contributed by atoms with Crippen LogP contribution in [0.4, 0.5) is 10.5 Å². The number of nitrogens with zero attached hydrogens (tertiary/aromatic N) is 1. The molecular formula is C26H19Br2ClN2O5S. The molecule has 0 saturated carbocycles. The molecule has 1 aliphatic rings. The zero-order chi connectivity index (χ0) is 26.5. The number of anilines is 1. The van der Waals surface area contributed by atoms with E-state index in [1.807, 2.05) is 24.3 Å². The molecule has 3 aromatic rings. The summed E-state index contributed by atoms with van der Waals surface area (Å²) in [6.07, 6.45) is 1.58. The first-order valence-corrected chi connectivity index (χ1v) is 13.6. The number of carbonyl (C=O) groups is 3. The number of ether oxygens (including phenoxy) is 2. The van der Waals surface area contributed by atoms with Crippen LogP contribution in [0.3, 0.4) is 0 Å². The smallest absolute Gasteiger partial charge is 0.294 e. The van der Waals surface area contributed by atoms with Gasteiger partial charge >= 0.3 is 0 Å². The molecule has 0 aromatic heterocycles. The molecule has 37 heavy (non-hydrogen) atoms. The lowest BCUT2D eigenvalue weighted by atomic mass is 10.1. The van der Waals surface area contributed by atoms with Crippen LogP contribution in [0.5, 0.6) is 11.5 Å². The lowest BCUT2D eigenvalue weighted by molar-refractivity contribution is -0.127. The maximum absolute atomic E-state index is 12.9. The molecule has 0 radical (unpaired) electrons. The van der Waals surface area contributed by atoms with E-state index < -0.39 is 23.6 Å². The van der Waals surface area contributed by atoms with Gasteiger partial charge < -0.3 is 14.8 Å².